The molecule has 37 heavy (non-hydrogen) atoms. The summed E-state index contributed by atoms with van der Waals surface area (Å²) < 4.78 is 7.00. The number of nitrogens with zero attached hydrogens (tertiary/aromatic N) is 2. The SMILES string of the molecule is COc1cccc(-c2cc(C(=O)NC(Cc3ccccc3)c3ccccc3)n(-c3ccccc3Cl)n2)c1. The first kappa shape index (κ1) is 24.3. The Balaban J connectivity index is 1.55. The van der Waals surface area contributed by atoms with Gasteiger partial charge >= 0.3 is 0 Å². The van der Waals surface area contributed by atoms with Crippen molar-refractivity contribution in [1.82, 2.24) is 15.1 Å². The van der Waals surface area contributed by atoms with Gasteiger partial charge in [0.15, 0.2) is 0 Å². The van der Waals surface area contributed by atoms with E-state index < -0.39 is 0 Å². The summed E-state index contributed by atoms with van der Waals surface area (Å²) in [4.78, 5) is 13.9. The lowest BCUT2D eigenvalue weighted by Gasteiger charge is -2.20. The zero-order chi connectivity index (χ0) is 25.6. The van der Waals surface area contributed by atoms with E-state index in [0.29, 0.717) is 34.3 Å². The molecule has 0 saturated heterocycles. The van der Waals surface area contributed by atoms with Crippen LogP contribution in [-0.4, -0.2) is 22.8 Å². The van der Waals surface area contributed by atoms with E-state index in [9.17, 15) is 4.79 Å². The summed E-state index contributed by atoms with van der Waals surface area (Å²) in [6.07, 6.45) is 0.652. The van der Waals surface area contributed by atoms with Crippen molar-refractivity contribution >= 4 is 17.5 Å². The van der Waals surface area contributed by atoms with Gasteiger partial charge in [-0.1, -0.05) is 96.5 Å². The first-order chi connectivity index (χ1) is 18.1. The lowest BCUT2D eigenvalue weighted by Crippen LogP contribution is -2.31. The van der Waals surface area contributed by atoms with Gasteiger partial charge in [-0.25, -0.2) is 4.68 Å². The Morgan fingerprint density at radius 1 is 0.892 bits per heavy atom. The summed E-state index contributed by atoms with van der Waals surface area (Å²) in [7, 11) is 1.62. The molecular formula is C31H26ClN3O2. The first-order valence-corrected chi connectivity index (χ1v) is 12.4. The van der Waals surface area contributed by atoms with Gasteiger partial charge in [0.1, 0.15) is 11.4 Å². The van der Waals surface area contributed by atoms with Crippen molar-refractivity contribution in [2.75, 3.05) is 7.11 Å². The van der Waals surface area contributed by atoms with Gasteiger partial charge in [-0.05, 0) is 47.9 Å². The van der Waals surface area contributed by atoms with Crippen molar-refractivity contribution in [1.29, 1.82) is 0 Å². The number of methoxy groups -OCH3 is 1. The minimum absolute atomic E-state index is 0.231. The lowest BCUT2D eigenvalue weighted by atomic mass is 9.98. The maximum absolute atomic E-state index is 13.9. The van der Waals surface area contributed by atoms with E-state index >= 15 is 0 Å². The molecular weight excluding hydrogens is 482 g/mol. The number of nitrogens with one attached hydrogen (secondary N) is 1. The fraction of sp³-hybridized carbons (Fsp3) is 0.0968. The lowest BCUT2D eigenvalue weighted by molar-refractivity contribution is 0.0928. The molecule has 0 aliphatic rings. The van der Waals surface area contributed by atoms with E-state index in [1.807, 2.05) is 91.0 Å². The zero-order valence-electron chi connectivity index (χ0n) is 20.3. The largest absolute Gasteiger partial charge is 0.497 e. The normalized spacial score (nSPS) is 11.6. The third-order valence-corrected chi connectivity index (χ3v) is 6.50. The number of hydrogen-bond acceptors (Lipinski definition) is 3. The Hall–Kier alpha value is -4.35. The van der Waals surface area contributed by atoms with Crippen molar-refractivity contribution < 1.29 is 9.53 Å². The van der Waals surface area contributed by atoms with Crippen LogP contribution >= 0.6 is 11.6 Å². The number of halogens is 1. The molecule has 1 unspecified atom stereocenters. The summed E-state index contributed by atoms with van der Waals surface area (Å²) in [6, 6.07) is 36.6. The van der Waals surface area contributed by atoms with Crippen LogP contribution in [0, 0.1) is 0 Å². The van der Waals surface area contributed by atoms with Gasteiger partial charge in [0.25, 0.3) is 5.91 Å². The van der Waals surface area contributed by atoms with Gasteiger partial charge in [-0.15, -0.1) is 0 Å². The molecule has 4 aromatic carbocycles. The molecule has 5 nitrogen and oxygen atoms in total. The average molecular weight is 508 g/mol. The Labute approximate surface area is 221 Å². The van der Waals surface area contributed by atoms with Crippen molar-refractivity contribution in [3.63, 3.8) is 0 Å². The van der Waals surface area contributed by atoms with Gasteiger partial charge in [0.05, 0.1) is 29.6 Å². The highest BCUT2D eigenvalue weighted by atomic mass is 35.5. The molecule has 0 bridgehead atoms. The highest BCUT2D eigenvalue weighted by Gasteiger charge is 2.23. The standard InChI is InChI=1S/C31H26ClN3O2/c1-37-25-16-10-15-24(20-25)28-21-30(35(34-28)29-18-9-8-17-26(29)32)31(36)33-27(23-13-6-3-7-14-23)19-22-11-4-2-5-12-22/h2-18,20-21,27H,19H2,1H3,(H,33,36). The minimum atomic E-state index is -0.244. The van der Waals surface area contributed by atoms with Gasteiger partial charge in [-0.3, -0.25) is 4.79 Å². The third kappa shape index (κ3) is 5.57. The van der Waals surface area contributed by atoms with Gasteiger partial charge in [0.2, 0.25) is 0 Å². The Bertz CT molecular complexity index is 1500. The van der Waals surface area contributed by atoms with Crippen LogP contribution in [0.4, 0.5) is 0 Å². The van der Waals surface area contributed by atoms with Gasteiger partial charge < -0.3 is 10.1 Å². The molecule has 1 heterocycles. The Kier molecular flexibility index (Phi) is 7.33. The Morgan fingerprint density at radius 3 is 2.32 bits per heavy atom. The van der Waals surface area contributed by atoms with Crippen molar-refractivity contribution in [3.05, 3.63) is 137 Å². The summed E-state index contributed by atoms with van der Waals surface area (Å²) in [6.45, 7) is 0. The molecule has 5 aromatic rings. The maximum atomic E-state index is 13.9. The topological polar surface area (TPSA) is 56.1 Å². The second kappa shape index (κ2) is 11.1. The smallest absolute Gasteiger partial charge is 0.270 e. The fourth-order valence-corrected chi connectivity index (χ4v) is 4.51. The number of carbonyl (C=O) groups excluding carboxylic acids is 1. The molecule has 1 amide bonds. The second-order valence-corrected chi connectivity index (χ2v) is 9.04. The van der Waals surface area contributed by atoms with Crippen LogP contribution in [0.25, 0.3) is 16.9 Å². The summed E-state index contributed by atoms with van der Waals surface area (Å²) in [5.41, 5.74) is 4.65. The van der Waals surface area contributed by atoms with Crippen LogP contribution in [0.3, 0.4) is 0 Å². The van der Waals surface area contributed by atoms with Gasteiger partial charge in [-0.2, -0.15) is 5.10 Å². The molecule has 0 fully saturated rings. The quantitative estimate of drug-likeness (QED) is 0.248. The van der Waals surface area contributed by atoms with Crippen molar-refractivity contribution in [3.8, 4) is 22.7 Å². The number of aromatic nitrogens is 2. The van der Waals surface area contributed by atoms with Crippen molar-refractivity contribution in [2.45, 2.75) is 12.5 Å². The van der Waals surface area contributed by atoms with Gasteiger partial charge in [0, 0.05) is 5.56 Å². The number of rotatable bonds is 8. The number of ether oxygens (including phenoxy) is 1. The van der Waals surface area contributed by atoms with E-state index in [2.05, 4.69) is 17.4 Å². The zero-order valence-corrected chi connectivity index (χ0v) is 21.1. The molecule has 0 spiro atoms. The van der Waals surface area contributed by atoms with Crippen LogP contribution in [0.1, 0.15) is 27.7 Å². The van der Waals surface area contributed by atoms with E-state index in [0.717, 1.165) is 16.7 Å². The first-order valence-electron chi connectivity index (χ1n) is 12.0. The van der Waals surface area contributed by atoms with E-state index in [-0.39, 0.29) is 11.9 Å². The fourth-order valence-electron chi connectivity index (χ4n) is 4.29. The predicted molar refractivity (Wildman–Crippen MR) is 147 cm³/mol. The summed E-state index contributed by atoms with van der Waals surface area (Å²) in [5, 5.41) is 8.54. The highest BCUT2D eigenvalue weighted by Crippen LogP contribution is 2.28. The monoisotopic (exact) mass is 507 g/mol. The molecule has 1 atom stereocenters. The third-order valence-electron chi connectivity index (χ3n) is 6.18. The number of amides is 1. The summed E-state index contributed by atoms with van der Waals surface area (Å²) in [5.74, 6) is 0.467. The summed E-state index contributed by atoms with van der Waals surface area (Å²) >= 11 is 6.53. The van der Waals surface area contributed by atoms with E-state index in [1.54, 1.807) is 23.9 Å². The van der Waals surface area contributed by atoms with Crippen LogP contribution in [0.2, 0.25) is 5.02 Å². The molecule has 5 rings (SSSR count). The number of benzene rings is 4. The maximum Gasteiger partial charge on any atom is 0.270 e. The van der Waals surface area contributed by atoms with E-state index in [4.69, 9.17) is 21.4 Å². The van der Waals surface area contributed by atoms with Crippen molar-refractivity contribution in [2.24, 2.45) is 0 Å². The van der Waals surface area contributed by atoms with Crippen LogP contribution in [0.15, 0.2) is 115 Å². The molecule has 0 aliphatic carbocycles. The molecule has 6 heteroatoms. The van der Waals surface area contributed by atoms with Crippen LogP contribution < -0.4 is 10.1 Å². The van der Waals surface area contributed by atoms with E-state index in [1.165, 1.54) is 0 Å². The Morgan fingerprint density at radius 2 is 1.59 bits per heavy atom. The second-order valence-electron chi connectivity index (χ2n) is 8.64. The predicted octanol–water partition coefficient (Wildman–Crippen LogP) is 6.92. The number of hydrogen-bond donors (Lipinski definition) is 1. The molecule has 1 aromatic heterocycles. The number of carbonyl (C=O) groups is 1. The number of para-hydroxylation sites is 1. The average Bonchev–Trinajstić information content (AvgIpc) is 3.39. The molecule has 0 aliphatic heterocycles. The molecule has 0 radical (unpaired) electrons. The highest BCUT2D eigenvalue weighted by molar-refractivity contribution is 6.32. The van der Waals surface area contributed by atoms with Crippen LogP contribution in [0.5, 0.6) is 5.75 Å². The molecule has 0 saturated carbocycles. The molecule has 184 valence electrons. The molecule has 1 N–H and O–H groups in total. The van der Waals surface area contributed by atoms with Crippen LogP contribution in [-0.2, 0) is 6.42 Å². The minimum Gasteiger partial charge on any atom is -0.497 e.